The van der Waals surface area contributed by atoms with E-state index in [0.717, 1.165) is 40.4 Å². The van der Waals surface area contributed by atoms with Crippen LogP contribution in [0.15, 0.2) is 54.6 Å². The fraction of sp³-hybridized carbons (Fsp3) is 0.353. The third-order valence-corrected chi connectivity index (χ3v) is 8.90. The summed E-state index contributed by atoms with van der Waals surface area (Å²) in [7, 11) is -0.420. The van der Waals surface area contributed by atoms with Crippen molar-refractivity contribution in [3.63, 3.8) is 0 Å². The number of aromatic nitrogens is 1. The highest BCUT2D eigenvalue weighted by molar-refractivity contribution is 7.92. The highest BCUT2D eigenvalue weighted by Gasteiger charge is 2.28. The predicted molar refractivity (Wildman–Crippen MR) is 179 cm³/mol. The van der Waals surface area contributed by atoms with E-state index < -0.39 is 39.0 Å². The van der Waals surface area contributed by atoms with Gasteiger partial charge in [0.05, 0.1) is 30.3 Å². The molecule has 13 heteroatoms. The van der Waals surface area contributed by atoms with Gasteiger partial charge in [-0.1, -0.05) is 45.0 Å². The zero-order valence-electron chi connectivity index (χ0n) is 27.3. The maximum atomic E-state index is 14.2. The SMILES string of the molecule is COc1c(NC(=O)c2cc3cccc(CN4CCN(C(=O)c5c(F)cccc5F)CC4)c3n2C)cc(C(C)(C)C)cc1NS(C)(=O)=O. The molecule has 0 saturated carbocycles. The summed E-state index contributed by atoms with van der Waals surface area (Å²) in [5.74, 6) is -2.63. The van der Waals surface area contributed by atoms with Crippen molar-refractivity contribution in [3.05, 3.63) is 88.6 Å². The number of halogens is 2. The number of anilines is 2. The van der Waals surface area contributed by atoms with Crippen LogP contribution in [0, 0.1) is 11.6 Å². The number of nitrogens with zero attached hydrogens (tertiary/aromatic N) is 3. The minimum atomic E-state index is -3.63. The van der Waals surface area contributed by atoms with Crippen LogP contribution >= 0.6 is 0 Å². The molecule has 2 heterocycles. The molecule has 4 aromatic rings. The second-order valence-electron chi connectivity index (χ2n) is 12.8. The molecular formula is C34H39F2N5O5S. The Labute approximate surface area is 273 Å². The second-order valence-corrected chi connectivity index (χ2v) is 14.5. The Morgan fingerprint density at radius 3 is 2.15 bits per heavy atom. The summed E-state index contributed by atoms with van der Waals surface area (Å²) in [6, 6.07) is 14.5. The van der Waals surface area contributed by atoms with Crippen molar-refractivity contribution in [2.45, 2.75) is 32.7 Å². The monoisotopic (exact) mass is 667 g/mol. The van der Waals surface area contributed by atoms with Gasteiger partial charge in [-0.25, -0.2) is 17.2 Å². The Kier molecular flexibility index (Phi) is 9.33. The van der Waals surface area contributed by atoms with Crippen LogP contribution in [0.25, 0.3) is 10.9 Å². The lowest BCUT2D eigenvalue weighted by molar-refractivity contribution is 0.0619. The van der Waals surface area contributed by atoms with E-state index >= 15 is 0 Å². The number of ether oxygens (including phenoxy) is 1. The highest BCUT2D eigenvalue weighted by Crippen LogP contribution is 2.39. The molecule has 250 valence electrons. The second kappa shape index (κ2) is 13.0. The average Bonchev–Trinajstić information content (AvgIpc) is 3.33. The Balaban J connectivity index is 1.37. The highest BCUT2D eigenvalue weighted by atomic mass is 32.2. The summed E-state index contributed by atoms with van der Waals surface area (Å²) in [4.78, 5) is 30.2. The molecule has 2 amide bonds. The van der Waals surface area contributed by atoms with E-state index in [1.165, 1.54) is 18.1 Å². The van der Waals surface area contributed by atoms with Gasteiger partial charge < -0.3 is 19.5 Å². The molecule has 3 aromatic carbocycles. The fourth-order valence-electron chi connectivity index (χ4n) is 5.89. The quantitative estimate of drug-likeness (QED) is 0.262. The Morgan fingerprint density at radius 1 is 0.936 bits per heavy atom. The maximum absolute atomic E-state index is 14.2. The van der Waals surface area contributed by atoms with Crippen molar-refractivity contribution in [1.82, 2.24) is 14.4 Å². The first kappa shape index (κ1) is 33.9. The number of rotatable bonds is 8. The van der Waals surface area contributed by atoms with Gasteiger partial charge in [0.15, 0.2) is 5.75 Å². The van der Waals surface area contributed by atoms with Crippen molar-refractivity contribution in [2.24, 2.45) is 7.05 Å². The van der Waals surface area contributed by atoms with E-state index in [0.29, 0.717) is 44.1 Å². The molecule has 0 spiro atoms. The summed E-state index contributed by atoms with van der Waals surface area (Å²) >= 11 is 0. The van der Waals surface area contributed by atoms with E-state index in [9.17, 15) is 26.8 Å². The number of fused-ring (bicyclic) bond motifs is 1. The van der Waals surface area contributed by atoms with Gasteiger partial charge in [0.25, 0.3) is 11.8 Å². The van der Waals surface area contributed by atoms with Crippen LogP contribution in [0.1, 0.15) is 52.7 Å². The van der Waals surface area contributed by atoms with Crippen molar-refractivity contribution < 1.29 is 31.5 Å². The average molecular weight is 668 g/mol. The zero-order chi connectivity index (χ0) is 34.3. The molecule has 2 N–H and O–H groups in total. The van der Waals surface area contributed by atoms with Crippen LogP contribution in [-0.4, -0.2) is 74.1 Å². The van der Waals surface area contributed by atoms with Crippen LogP contribution in [0.4, 0.5) is 20.2 Å². The molecule has 1 aromatic heterocycles. The minimum absolute atomic E-state index is 0.187. The summed E-state index contributed by atoms with van der Waals surface area (Å²) in [6.45, 7) is 8.12. The van der Waals surface area contributed by atoms with Crippen LogP contribution in [0.2, 0.25) is 0 Å². The number of piperazine rings is 1. The number of methoxy groups -OCH3 is 1. The van der Waals surface area contributed by atoms with Gasteiger partial charge >= 0.3 is 0 Å². The largest absolute Gasteiger partial charge is 0.492 e. The van der Waals surface area contributed by atoms with Gasteiger partial charge in [-0.05, 0) is 46.9 Å². The fourth-order valence-corrected chi connectivity index (χ4v) is 6.44. The number of nitrogens with one attached hydrogen (secondary N) is 2. The molecule has 0 aliphatic carbocycles. The molecule has 10 nitrogen and oxygen atoms in total. The van der Waals surface area contributed by atoms with E-state index in [-0.39, 0.29) is 16.9 Å². The lowest BCUT2D eigenvalue weighted by Crippen LogP contribution is -2.48. The summed E-state index contributed by atoms with van der Waals surface area (Å²) < 4.78 is 62.5. The number of hydrogen-bond acceptors (Lipinski definition) is 6. The maximum Gasteiger partial charge on any atom is 0.272 e. The first-order chi connectivity index (χ1) is 22.1. The first-order valence-corrected chi connectivity index (χ1v) is 17.0. The van der Waals surface area contributed by atoms with Gasteiger partial charge in [-0.2, -0.15) is 0 Å². The topological polar surface area (TPSA) is 113 Å². The Hall–Kier alpha value is -4.49. The van der Waals surface area contributed by atoms with Crippen molar-refractivity contribution in [3.8, 4) is 5.75 Å². The number of sulfonamides is 1. The summed E-state index contributed by atoms with van der Waals surface area (Å²) in [5.41, 5.74) is 2.65. The van der Waals surface area contributed by atoms with E-state index in [2.05, 4.69) is 14.9 Å². The van der Waals surface area contributed by atoms with Gasteiger partial charge in [-0.3, -0.25) is 19.2 Å². The molecule has 47 heavy (non-hydrogen) atoms. The number of amides is 2. The molecule has 1 fully saturated rings. The normalized spacial score (nSPS) is 14.3. The standard InChI is InChI=1S/C34H39F2N5O5S/c1-34(2,3)23-18-26(31(46-5)27(19-23)38-47(6,44)45)37-32(42)28-17-21-9-7-10-22(30(21)39(28)4)20-40-13-15-41(16-14-40)33(43)29-24(35)11-8-12-25(29)36/h7-12,17-19,38H,13-16,20H2,1-6H3,(H,37,42). The number of benzene rings is 3. The third-order valence-electron chi connectivity index (χ3n) is 8.31. The Morgan fingerprint density at radius 2 is 1.55 bits per heavy atom. The molecule has 0 radical (unpaired) electrons. The predicted octanol–water partition coefficient (Wildman–Crippen LogP) is 5.34. The molecule has 1 saturated heterocycles. The van der Waals surface area contributed by atoms with E-state index in [1.54, 1.807) is 25.2 Å². The van der Waals surface area contributed by atoms with Gasteiger partial charge in [-0.15, -0.1) is 0 Å². The summed E-state index contributed by atoms with van der Waals surface area (Å²) in [5, 5.41) is 3.79. The van der Waals surface area contributed by atoms with Crippen LogP contribution in [-0.2, 0) is 29.0 Å². The smallest absolute Gasteiger partial charge is 0.272 e. The van der Waals surface area contributed by atoms with Crippen LogP contribution < -0.4 is 14.8 Å². The molecule has 5 rings (SSSR count). The Bertz CT molecular complexity index is 1940. The number of para-hydroxylation sites is 1. The third kappa shape index (κ3) is 7.25. The van der Waals surface area contributed by atoms with Gasteiger partial charge in [0.2, 0.25) is 10.0 Å². The number of hydrogen-bond donors (Lipinski definition) is 2. The molecule has 1 aliphatic rings. The zero-order valence-corrected chi connectivity index (χ0v) is 28.1. The molecule has 0 atom stereocenters. The van der Waals surface area contributed by atoms with E-state index in [4.69, 9.17) is 4.74 Å². The van der Waals surface area contributed by atoms with Crippen molar-refractivity contribution in [1.29, 1.82) is 0 Å². The first-order valence-electron chi connectivity index (χ1n) is 15.1. The lowest BCUT2D eigenvalue weighted by atomic mass is 9.86. The van der Waals surface area contributed by atoms with Crippen LogP contribution in [0.5, 0.6) is 5.75 Å². The van der Waals surface area contributed by atoms with Gasteiger partial charge in [0, 0.05) is 45.2 Å². The summed E-state index contributed by atoms with van der Waals surface area (Å²) in [6.07, 6.45) is 1.05. The number of aryl methyl sites for hydroxylation is 1. The van der Waals surface area contributed by atoms with Crippen LogP contribution in [0.3, 0.4) is 0 Å². The van der Waals surface area contributed by atoms with E-state index in [1.807, 2.05) is 43.5 Å². The molecule has 1 aliphatic heterocycles. The molecule has 0 bridgehead atoms. The number of carbonyl (C=O) groups is 2. The van der Waals surface area contributed by atoms with Crippen molar-refractivity contribution in [2.75, 3.05) is 49.6 Å². The lowest BCUT2D eigenvalue weighted by Gasteiger charge is -2.35. The molecule has 0 unspecified atom stereocenters. The van der Waals surface area contributed by atoms with Gasteiger partial charge in [0.1, 0.15) is 22.9 Å². The molecular weight excluding hydrogens is 628 g/mol. The minimum Gasteiger partial charge on any atom is -0.492 e. The number of carbonyl (C=O) groups excluding carboxylic acids is 2. The van der Waals surface area contributed by atoms with Crippen molar-refractivity contribution >= 4 is 44.1 Å².